The van der Waals surface area contributed by atoms with Crippen LogP contribution in [0.2, 0.25) is 0 Å². The lowest BCUT2D eigenvalue weighted by Gasteiger charge is -2.28. The van der Waals surface area contributed by atoms with Crippen LogP contribution in [0.5, 0.6) is 0 Å². The van der Waals surface area contributed by atoms with Gasteiger partial charge in [-0.25, -0.2) is 0 Å². The van der Waals surface area contributed by atoms with Crippen molar-refractivity contribution in [1.29, 1.82) is 0 Å². The Labute approximate surface area is 103 Å². The van der Waals surface area contributed by atoms with Gasteiger partial charge in [-0.1, -0.05) is 24.3 Å². The number of rotatable bonds is 1. The summed E-state index contributed by atoms with van der Waals surface area (Å²) >= 11 is 0. The summed E-state index contributed by atoms with van der Waals surface area (Å²) in [6.07, 6.45) is 1.65. The van der Waals surface area contributed by atoms with Gasteiger partial charge in [0.15, 0.2) is 0 Å². The van der Waals surface area contributed by atoms with Crippen LogP contribution in [-0.4, -0.2) is 11.6 Å². The zero-order valence-corrected chi connectivity index (χ0v) is 11.0. The fraction of sp³-hybridized carbons (Fsp3) is 0.533. The van der Waals surface area contributed by atoms with E-state index in [1.165, 1.54) is 11.1 Å². The number of ether oxygens (including phenoxy) is 1. The Hall–Kier alpha value is -1.31. The van der Waals surface area contributed by atoms with Crippen molar-refractivity contribution in [2.24, 2.45) is 5.41 Å². The van der Waals surface area contributed by atoms with Crippen molar-refractivity contribution >= 4 is 5.97 Å². The fourth-order valence-corrected chi connectivity index (χ4v) is 2.22. The zero-order chi connectivity index (χ0) is 12.7. The Kier molecular flexibility index (Phi) is 2.76. The summed E-state index contributed by atoms with van der Waals surface area (Å²) in [7, 11) is 0. The van der Waals surface area contributed by atoms with E-state index in [9.17, 15) is 4.79 Å². The molecule has 1 aromatic rings. The van der Waals surface area contributed by atoms with E-state index in [1.807, 2.05) is 39.8 Å². The molecule has 0 heterocycles. The molecular formula is C15H20O2. The normalized spacial score (nSPS) is 17.6. The van der Waals surface area contributed by atoms with Gasteiger partial charge in [0.1, 0.15) is 5.60 Å². The predicted octanol–water partition coefficient (Wildman–Crippen LogP) is 3.13. The number of esters is 1. The number of carbonyl (C=O) groups excluding carboxylic acids is 1. The standard InChI is InChI=1S/C15H20O2/c1-14(2,3)13(16)17-15(4)9-11-7-5-6-8-12(11)10-15/h5-8H,9-10H2,1-4H3. The second-order valence-corrected chi connectivity index (χ2v) is 6.21. The summed E-state index contributed by atoms with van der Waals surface area (Å²) in [5.74, 6) is -0.118. The van der Waals surface area contributed by atoms with E-state index in [4.69, 9.17) is 4.74 Å². The number of hydrogen-bond donors (Lipinski definition) is 0. The van der Waals surface area contributed by atoms with Gasteiger partial charge in [-0.05, 0) is 38.8 Å². The van der Waals surface area contributed by atoms with Crippen LogP contribution in [0.15, 0.2) is 24.3 Å². The lowest BCUT2D eigenvalue weighted by Crippen LogP contribution is -2.37. The van der Waals surface area contributed by atoms with E-state index in [0.717, 1.165) is 12.8 Å². The van der Waals surface area contributed by atoms with Gasteiger partial charge >= 0.3 is 5.97 Å². The van der Waals surface area contributed by atoms with Crippen LogP contribution in [-0.2, 0) is 22.4 Å². The van der Waals surface area contributed by atoms with Gasteiger partial charge in [-0.2, -0.15) is 0 Å². The maximum absolute atomic E-state index is 12.0. The van der Waals surface area contributed by atoms with Crippen LogP contribution < -0.4 is 0 Å². The molecule has 0 bridgehead atoms. The summed E-state index contributed by atoms with van der Waals surface area (Å²) in [6, 6.07) is 8.31. The van der Waals surface area contributed by atoms with Crippen molar-refractivity contribution in [1.82, 2.24) is 0 Å². The lowest BCUT2D eigenvalue weighted by atomic mass is 9.96. The smallest absolute Gasteiger partial charge is 0.311 e. The number of fused-ring (bicyclic) bond motifs is 1. The molecule has 1 aliphatic carbocycles. The summed E-state index contributed by atoms with van der Waals surface area (Å²) in [4.78, 5) is 12.0. The fourth-order valence-electron chi connectivity index (χ4n) is 2.22. The van der Waals surface area contributed by atoms with Crippen molar-refractivity contribution in [2.75, 3.05) is 0 Å². The van der Waals surface area contributed by atoms with Crippen molar-refractivity contribution in [3.8, 4) is 0 Å². The highest BCUT2D eigenvalue weighted by molar-refractivity contribution is 5.76. The summed E-state index contributed by atoms with van der Waals surface area (Å²) < 4.78 is 5.71. The highest BCUT2D eigenvalue weighted by atomic mass is 16.6. The average molecular weight is 232 g/mol. The first kappa shape index (κ1) is 12.2. The third-order valence-electron chi connectivity index (χ3n) is 3.20. The second kappa shape index (κ2) is 3.86. The number of benzene rings is 1. The quantitative estimate of drug-likeness (QED) is 0.695. The van der Waals surface area contributed by atoms with Gasteiger partial charge in [0.25, 0.3) is 0 Å². The third-order valence-corrected chi connectivity index (χ3v) is 3.20. The first-order chi connectivity index (χ1) is 7.80. The Morgan fingerprint density at radius 3 is 2.06 bits per heavy atom. The topological polar surface area (TPSA) is 26.3 Å². The Bertz CT molecular complexity index is 415. The van der Waals surface area contributed by atoms with Crippen molar-refractivity contribution in [3.63, 3.8) is 0 Å². The van der Waals surface area contributed by atoms with Crippen LogP contribution in [0.25, 0.3) is 0 Å². The van der Waals surface area contributed by atoms with Crippen LogP contribution in [0.4, 0.5) is 0 Å². The van der Waals surface area contributed by atoms with Gasteiger partial charge in [0.2, 0.25) is 0 Å². The molecule has 0 saturated carbocycles. The average Bonchev–Trinajstić information content (AvgIpc) is 2.51. The van der Waals surface area contributed by atoms with Crippen molar-refractivity contribution in [2.45, 2.75) is 46.1 Å². The second-order valence-electron chi connectivity index (χ2n) is 6.21. The lowest BCUT2D eigenvalue weighted by molar-refractivity contribution is -0.166. The Morgan fingerprint density at radius 1 is 1.18 bits per heavy atom. The monoisotopic (exact) mass is 232 g/mol. The summed E-state index contributed by atoms with van der Waals surface area (Å²) in [5, 5.41) is 0. The molecule has 0 radical (unpaired) electrons. The Balaban J connectivity index is 2.13. The molecule has 0 amide bonds. The molecule has 0 aliphatic heterocycles. The van der Waals surface area contributed by atoms with Crippen molar-refractivity contribution in [3.05, 3.63) is 35.4 Å². The van der Waals surface area contributed by atoms with Crippen molar-refractivity contribution < 1.29 is 9.53 Å². The van der Waals surface area contributed by atoms with Gasteiger partial charge < -0.3 is 4.74 Å². The van der Waals surface area contributed by atoms with Gasteiger partial charge in [0, 0.05) is 12.8 Å². The van der Waals surface area contributed by atoms with Crippen LogP contribution in [0, 0.1) is 5.41 Å². The molecule has 2 heteroatoms. The molecule has 0 aromatic heterocycles. The molecular weight excluding hydrogens is 212 g/mol. The molecule has 1 aliphatic rings. The van der Waals surface area contributed by atoms with Crippen LogP contribution >= 0.6 is 0 Å². The molecule has 17 heavy (non-hydrogen) atoms. The maximum Gasteiger partial charge on any atom is 0.311 e. The largest absolute Gasteiger partial charge is 0.458 e. The first-order valence-corrected chi connectivity index (χ1v) is 6.10. The minimum absolute atomic E-state index is 0.118. The minimum atomic E-state index is -0.433. The zero-order valence-electron chi connectivity index (χ0n) is 11.0. The van der Waals surface area contributed by atoms with Gasteiger partial charge in [-0.15, -0.1) is 0 Å². The molecule has 0 fully saturated rings. The maximum atomic E-state index is 12.0. The molecule has 0 unspecified atom stereocenters. The molecule has 0 atom stereocenters. The highest BCUT2D eigenvalue weighted by Gasteiger charge is 2.38. The third kappa shape index (κ3) is 2.51. The van der Waals surface area contributed by atoms with E-state index in [-0.39, 0.29) is 11.6 Å². The summed E-state index contributed by atoms with van der Waals surface area (Å²) in [5.41, 5.74) is 1.81. The van der Waals surface area contributed by atoms with Crippen LogP contribution in [0.3, 0.4) is 0 Å². The van der Waals surface area contributed by atoms with Crippen LogP contribution in [0.1, 0.15) is 38.8 Å². The molecule has 0 saturated heterocycles. The van der Waals surface area contributed by atoms with E-state index in [2.05, 4.69) is 12.1 Å². The van der Waals surface area contributed by atoms with E-state index in [1.54, 1.807) is 0 Å². The Morgan fingerprint density at radius 2 is 1.65 bits per heavy atom. The van der Waals surface area contributed by atoms with E-state index < -0.39 is 5.41 Å². The first-order valence-electron chi connectivity index (χ1n) is 6.10. The predicted molar refractivity (Wildman–Crippen MR) is 67.8 cm³/mol. The molecule has 0 spiro atoms. The molecule has 1 aromatic carbocycles. The number of carbonyl (C=O) groups is 1. The highest BCUT2D eigenvalue weighted by Crippen LogP contribution is 2.34. The summed E-state index contributed by atoms with van der Waals surface area (Å²) in [6.45, 7) is 7.69. The van der Waals surface area contributed by atoms with E-state index in [0.29, 0.717) is 0 Å². The number of hydrogen-bond acceptors (Lipinski definition) is 2. The molecule has 0 N–H and O–H groups in total. The molecule has 92 valence electrons. The molecule has 2 rings (SSSR count). The van der Waals surface area contributed by atoms with Gasteiger partial charge in [-0.3, -0.25) is 4.79 Å². The van der Waals surface area contributed by atoms with E-state index >= 15 is 0 Å². The SMILES string of the molecule is CC1(OC(=O)C(C)(C)C)Cc2ccccc2C1. The minimum Gasteiger partial charge on any atom is -0.458 e. The molecule has 2 nitrogen and oxygen atoms in total. The van der Waals surface area contributed by atoms with Gasteiger partial charge in [0.05, 0.1) is 5.41 Å².